The summed E-state index contributed by atoms with van der Waals surface area (Å²) in [7, 11) is 0. The Balaban J connectivity index is 1.55. The molecule has 4 nitrogen and oxygen atoms in total. The van der Waals surface area contributed by atoms with Gasteiger partial charge in [0.1, 0.15) is 11.7 Å². The summed E-state index contributed by atoms with van der Waals surface area (Å²) in [5, 5.41) is 4.83. The van der Waals surface area contributed by atoms with E-state index in [9.17, 15) is 14.0 Å². The number of hydrogen-bond acceptors (Lipinski definition) is 3. The van der Waals surface area contributed by atoms with Gasteiger partial charge in [-0.1, -0.05) is 6.07 Å². The van der Waals surface area contributed by atoms with Crippen molar-refractivity contribution in [3.63, 3.8) is 0 Å². The molecular weight excluding hydrogens is 315 g/mol. The van der Waals surface area contributed by atoms with Gasteiger partial charge >= 0.3 is 0 Å². The first kappa shape index (κ1) is 15.7. The van der Waals surface area contributed by atoms with Crippen LogP contribution in [0.5, 0.6) is 0 Å². The number of anilines is 1. The summed E-state index contributed by atoms with van der Waals surface area (Å²) >= 11 is 1.65. The van der Waals surface area contributed by atoms with Crippen LogP contribution in [0, 0.1) is 11.7 Å². The first-order valence-corrected chi connectivity index (χ1v) is 8.40. The van der Waals surface area contributed by atoms with Crippen LogP contribution in [0.3, 0.4) is 0 Å². The molecule has 2 heterocycles. The normalized spacial score (nSPS) is 17.5. The van der Waals surface area contributed by atoms with E-state index in [4.69, 9.17) is 0 Å². The largest absolute Gasteiger partial charge is 0.355 e. The van der Waals surface area contributed by atoms with Crippen LogP contribution in [0.1, 0.15) is 11.3 Å². The van der Waals surface area contributed by atoms with Crippen LogP contribution in [0.2, 0.25) is 0 Å². The first-order chi connectivity index (χ1) is 11.1. The van der Waals surface area contributed by atoms with Crippen molar-refractivity contribution in [3.8, 4) is 0 Å². The molecule has 1 aromatic heterocycles. The molecule has 1 N–H and O–H groups in total. The number of halogens is 1. The number of benzene rings is 1. The van der Waals surface area contributed by atoms with Gasteiger partial charge in [-0.25, -0.2) is 4.39 Å². The summed E-state index contributed by atoms with van der Waals surface area (Å²) in [5.41, 5.74) is 0.630. The van der Waals surface area contributed by atoms with Gasteiger partial charge in [0.2, 0.25) is 11.8 Å². The number of nitrogens with zero attached hydrogens (tertiary/aromatic N) is 1. The highest BCUT2D eigenvalue weighted by Gasteiger charge is 2.37. The highest BCUT2D eigenvalue weighted by molar-refractivity contribution is 7.09. The number of amides is 2. The molecule has 0 aliphatic carbocycles. The molecule has 1 aliphatic rings. The van der Waals surface area contributed by atoms with Crippen LogP contribution in [-0.4, -0.2) is 24.9 Å². The van der Waals surface area contributed by atoms with Crippen molar-refractivity contribution in [1.82, 2.24) is 5.32 Å². The molecule has 120 valence electrons. The highest BCUT2D eigenvalue weighted by atomic mass is 32.1. The second-order valence-corrected chi connectivity index (χ2v) is 6.46. The van der Waals surface area contributed by atoms with E-state index in [1.807, 2.05) is 17.5 Å². The predicted molar refractivity (Wildman–Crippen MR) is 87.9 cm³/mol. The van der Waals surface area contributed by atoms with Gasteiger partial charge in [0.25, 0.3) is 0 Å². The SMILES string of the molecule is O=C(NCCc1cccs1)[C@H]1CCN(c2ccc(F)cc2)C1=O. The van der Waals surface area contributed by atoms with E-state index in [1.54, 1.807) is 28.4 Å². The second kappa shape index (κ2) is 6.91. The molecule has 0 bridgehead atoms. The van der Waals surface area contributed by atoms with Crippen molar-refractivity contribution < 1.29 is 14.0 Å². The van der Waals surface area contributed by atoms with Crippen LogP contribution < -0.4 is 10.2 Å². The first-order valence-electron chi connectivity index (χ1n) is 7.52. The molecule has 0 radical (unpaired) electrons. The van der Waals surface area contributed by atoms with Crippen molar-refractivity contribution in [3.05, 3.63) is 52.5 Å². The van der Waals surface area contributed by atoms with Crippen LogP contribution in [0.4, 0.5) is 10.1 Å². The Morgan fingerprint density at radius 1 is 1.30 bits per heavy atom. The molecule has 0 spiro atoms. The fourth-order valence-electron chi connectivity index (χ4n) is 2.69. The van der Waals surface area contributed by atoms with Crippen LogP contribution in [0.15, 0.2) is 41.8 Å². The van der Waals surface area contributed by atoms with E-state index in [0.717, 1.165) is 6.42 Å². The van der Waals surface area contributed by atoms with E-state index in [-0.39, 0.29) is 17.6 Å². The van der Waals surface area contributed by atoms with Gasteiger partial charge in [0.15, 0.2) is 0 Å². The van der Waals surface area contributed by atoms with Crippen LogP contribution in [0.25, 0.3) is 0 Å². The van der Waals surface area contributed by atoms with Gasteiger partial charge < -0.3 is 10.2 Å². The van der Waals surface area contributed by atoms with Gasteiger partial charge in [-0.2, -0.15) is 0 Å². The number of carbonyl (C=O) groups is 2. The maximum atomic E-state index is 13.0. The minimum atomic E-state index is -0.650. The van der Waals surface area contributed by atoms with Crippen molar-refractivity contribution in [2.45, 2.75) is 12.8 Å². The maximum absolute atomic E-state index is 13.0. The second-order valence-electron chi connectivity index (χ2n) is 5.43. The van der Waals surface area contributed by atoms with Crippen LogP contribution >= 0.6 is 11.3 Å². The Morgan fingerprint density at radius 3 is 2.78 bits per heavy atom. The third-order valence-corrected chi connectivity index (χ3v) is 4.85. The minimum absolute atomic E-state index is 0.217. The third kappa shape index (κ3) is 3.59. The number of rotatable bonds is 5. The Bertz CT molecular complexity index is 685. The lowest BCUT2D eigenvalue weighted by Crippen LogP contribution is -2.37. The molecule has 6 heteroatoms. The van der Waals surface area contributed by atoms with Crippen LogP contribution in [-0.2, 0) is 16.0 Å². The van der Waals surface area contributed by atoms with Gasteiger partial charge in [0, 0.05) is 23.7 Å². The van der Waals surface area contributed by atoms with E-state index in [0.29, 0.717) is 25.2 Å². The summed E-state index contributed by atoms with van der Waals surface area (Å²) in [6, 6.07) is 9.75. The minimum Gasteiger partial charge on any atom is -0.355 e. The Hall–Kier alpha value is -2.21. The lowest BCUT2D eigenvalue weighted by atomic mass is 10.1. The molecule has 1 saturated heterocycles. The highest BCUT2D eigenvalue weighted by Crippen LogP contribution is 2.25. The Kier molecular flexibility index (Phi) is 4.71. The van der Waals surface area contributed by atoms with E-state index in [2.05, 4.69) is 5.32 Å². The fourth-order valence-corrected chi connectivity index (χ4v) is 3.40. The maximum Gasteiger partial charge on any atom is 0.239 e. The lowest BCUT2D eigenvalue weighted by Gasteiger charge is -2.16. The lowest BCUT2D eigenvalue weighted by molar-refractivity contribution is -0.132. The number of thiophene rings is 1. The standard InChI is InChI=1S/C17H17FN2O2S/c18-12-3-5-13(6-4-12)20-10-8-15(17(20)22)16(21)19-9-7-14-2-1-11-23-14/h1-6,11,15H,7-10H2,(H,19,21)/t15-/m1/s1. The summed E-state index contributed by atoms with van der Waals surface area (Å²) in [6.07, 6.45) is 1.26. The molecule has 1 fully saturated rings. The monoisotopic (exact) mass is 332 g/mol. The predicted octanol–water partition coefficient (Wildman–Crippen LogP) is 2.60. The zero-order chi connectivity index (χ0) is 16.2. The zero-order valence-electron chi connectivity index (χ0n) is 12.5. The van der Waals surface area contributed by atoms with E-state index < -0.39 is 5.92 Å². The summed E-state index contributed by atoms with van der Waals surface area (Å²) in [6.45, 7) is 1.01. The fraction of sp³-hybridized carbons (Fsp3) is 0.294. The molecule has 1 aliphatic heterocycles. The Labute approximate surface area is 137 Å². The zero-order valence-corrected chi connectivity index (χ0v) is 13.3. The molecule has 0 unspecified atom stereocenters. The quantitative estimate of drug-likeness (QED) is 0.856. The third-order valence-electron chi connectivity index (χ3n) is 3.91. The van der Waals surface area contributed by atoms with E-state index >= 15 is 0 Å². The molecule has 1 atom stereocenters. The Morgan fingerprint density at radius 2 is 2.09 bits per heavy atom. The molecule has 23 heavy (non-hydrogen) atoms. The molecule has 0 saturated carbocycles. The summed E-state index contributed by atoms with van der Waals surface area (Å²) in [4.78, 5) is 27.3. The molecule has 2 aromatic rings. The molecule has 3 rings (SSSR count). The smallest absolute Gasteiger partial charge is 0.239 e. The number of carbonyl (C=O) groups excluding carboxylic acids is 2. The van der Waals surface area contributed by atoms with Gasteiger partial charge in [0.05, 0.1) is 0 Å². The number of hydrogen-bond donors (Lipinski definition) is 1. The van der Waals surface area contributed by atoms with Crippen molar-refractivity contribution in [1.29, 1.82) is 0 Å². The average molecular weight is 332 g/mol. The average Bonchev–Trinajstić information content (AvgIpc) is 3.18. The van der Waals surface area contributed by atoms with Crippen molar-refractivity contribution >= 4 is 28.8 Å². The van der Waals surface area contributed by atoms with E-state index in [1.165, 1.54) is 17.0 Å². The van der Waals surface area contributed by atoms with Gasteiger partial charge in [-0.05, 0) is 48.6 Å². The summed E-state index contributed by atoms with van der Waals surface area (Å²) < 4.78 is 13.0. The van der Waals surface area contributed by atoms with Crippen molar-refractivity contribution in [2.24, 2.45) is 5.92 Å². The number of nitrogens with one attached hydrogen (secondary N) is 1. The molecule has 2 amide bonds. The van der Waals surface area contributed by atoms with Crippen molar-refractivity contribution in [2.75, 3.05) is 18.0 Å². The summed E-state index contributed by atoms with van der Waals surface area (Å²) in [5.74, 6) is -1.44. The topological polar surface area (TPSA) is 49.4 Å². The molecular formula is C17H17FN2O2S. The van der Waals surface area contributed by atoms with Gasteiger partial charge in [-0.3, -0.25) is 9.59 Å². The van der Waals surface area contributed by atoms with Gasteiger partial charge in [-0.15, -0.1) is 11.3 Å². The molecule has 1 aromatic carbocycles.